The normalized spacial score (nSPS) is 10.7. The second kappa shape index (κ2) is 5.52. The Labute approximate surface area is 129 Å². The molecule has 0 aliphatic rings. The number of nitrogens with zero attached hydrogens (tertiary/aromatic N) is 2. The maximum Gasteiger partial charge on any atom is 0.143 e. The van der Waals surface area contributed by atoms with Gasteiger partial charge in [-0.2, -0.15) is 0 Å². The quantitative estimate of drug-likeness (QED) is 0.722. The van der Waals surface area contributed by atoms with E-state index in [1.807, 2.05) is 24.3 Å². The van der Waals surface area contributed by atoms with Crippen LogP contribution in [0.5, 0.6) is 5.75 Å². The third-order valence-corrected chi connectivity index (χ3v) is 3.84. The third kappa shape index (κ3) is 2.41. The summed E-state index contributed by atoms with van der Waals surface area (Å²) >= 11 is 0. The Morgan fingerprint density at radius 1 is 1.14 bits per heavy atom. The summed E-state index contributed by atoms with van der Waals surface area (Å²) in [5, 5.41) is 4.24. The number of benzene rings is 2. The van der Waals surface area contributed by atoms with Gasteiger partial charge in [0.2, 0.25) is 0 Å². The van der Waals surface area contributed by atoms with Crippen molar-refractivity contribution < 1.29 is 4.74 Å². The lowest BCUT2D eigenvalue weighted by molar-refractivity contribution is 0.417. The zero-order valence-electron chi connectivity index (χ0n) is 12.8. The molecule has 0 fully saturated rings. The molecule has 0 saturated heterocycles. The van der Waals surface area contributed by atoms with E-state index in [0.717, 1.165) is 22.4 Å². The van der Waals surface area contributed by atoms with Crippen LogP contribution in [-0.2, 0) is 0 Å². The molecule has 3 rings (SSSR count). The molecular weight excluding hydrogens is 276 g/mol. The molecule has 0 spiro atoms. The predicted octanol–water partition coefficient (Wildman–Crippen LogP) is 3.58. The van der Waals surface area contributed by atoms with Crippen LogP contribution in [0, 0.1) is 13.8 Å². The molecule has 0 radical (unpaired) electrons. The zero-order chi connectivity index (χ0) is 15.7. The van der Waals surface area contributed by atoms with Crippen LogP contribution in [0.4, 0.5) is 17.2 Å². The van der Waals surface area contributed by atoms with Gasteiger partial charge in [-0.15, -0.1) is 0 Å². The van der Waals surface area contributed by atoms with Gasteiger partial charge in [0, 0.05) is 17.1 Å². The minimum atomic E-state index is 0.564. The number of ether oxygens (including phenoxy) is 1. The highest BCUT2D eigenvalue weighted by atomic mass is 16.5. The molecule has 0 amide bonds. The first-order chi connectivity index (χ1) is 10.6. The van der Waals surface area contributed by atoms with Crippen molar-refractivity contribution >= 4 is 28.1 Å². The second-order valence-corrected chi connectivity index (χ2v) is 5.21. The summed E-state index contributed by atoms with van der Waals surface area (Å²) in [5.74, 6) is 1.34. The van der Waals surface area contributed by atoms with E-state index in [0.29, 0.717) is 11.4 Å². The Hall–Kier alpha value is -2.82. The van der Waals surface area contributed by atoms with Crippen molar-refractivity contribution in [3.8, 4) is 5.75 Å². The molecule has 3 aromatic rings. The minimum Gasteiger partial charge on any atom is -0.495 e. The van der Waals surface area contributed by atoms with E-state index in [-0.39, 0.29) is 0 Å². The molecule has 0 saturated carbocycles. The second-order valence-electron chi connectivity index (χ2n) is 5.21. The Balaban J connectivity index is 2.11. The molecule has 0 bridgehead atoms. The zero-order valence-corrected chi connectivity index (χ0v) is 12.8. The van der Waals surface area contributed by atoms with E-state index >= 15 is 0 Å². The monoisotopic (exact) mass is 294 g/mol. The molecule has 1 aromatic heterocycles. The fourth-order valence-electron chi connectivity index (χ4n) is 2.39. The average Bonchev–Trinajstić information content (AvgIpc) is 2.52. The number of nitrogen functional groups attached to an aromatic ring is 1. The first kappa shape index (κ1) is 14.1. The Kier molecular flexibility index (Phi) is 3.55. The van der Waals surface area contributed by atoms with Gasteiger partial charge < -0.3 is 15.8 Å². The van der Waals surface area contributed by atoms with Gasteiger partial charge in [-0.05, 0) is 37.1 Å². The topological polar surface area (TPSA) is 73.1 Å². The maximum atomic E-state index is 6.01. The van der Waals surface area contributed by atoms with Crippen LogP contribution in [0.25, 0.3) is 10.9 Å². The van der Waals surface area contributed by atoms with Crippen molar-refractivity contribution in [2.24, 2.45) is 0 Å². The summed E-state index contributed by atoms with van der Waals surface area (Å²) in [7, 11) is 1.59. The number of hydrogen-bond donors (Lipinski definition) is 2. The van der Waals surface area contributed by atoms with Crippen molar-refractivity contribution in [1.82, 2.24) is 9.97 Å². The molecule has 5 heteroatoms. The van der Waals surface area contributed by atoms with Gasteiger partial charge in [0.15, 0.2) is 0 Å². The van der Waals surface area contributed by atoms with Crippen LogP contribution in [-0.4, -0.2) is 17.1 Å². The maximum absolute atomic E-state index is 6.01. The summed E-state index contributed by atoms with van der Waals surface area (Å²) in [6.07, 6.45) is 1.53. The number of nitrogens with one attached hydrogen (secondary N) is 1. The fraction of sp³-hybridized carbons (Fsp3) is 0.176. The van der Waals surface area contributed by atoms with Crippen molar-refractivity contribution in [1.29, 1.82) is 0 Å². The lowest BCUT2D eigenvalue weighted by Gasteiger charge is -2.13. The first-order valence-electron chi connectivity index (χ1n) is 7.01. The molecule has 0 unspecified atom stereocenters. The molecule has 2 aromatic carbocycles. The fourth-order valence-corrected chi connectivity index (χ4v) is 2.39. The standard InChI is InChI=1S/C17H18N4O/c1-10-5-4-6-14(11(10)2)21-17-12-7-13(18)16(22-3)8-15(12)19-9-20-17/h4-9H,18H2,1-3H3,(H,19,20,21). The predicted molar refractivity (Wildman–Crippen MR) is 89.7 cm³/mol. The molecular formula is C17H18N4O. The van der Waals surface area contributed by atoms with Gasteiger partial charge in [-0.1, -0.05) is 12.1 Å². The van der Waals surface area contributed by atoms with E-state index in [2.05, 4.69) is 35.2 Å². The van der Waals surface area contributed by atoms with Gasteiger partial charge >= 0.3 is 0 Å². The Morgan fingerprint density at radius 2 is 1.95 bits per heavy atom. The average molecular weight is 294 g/mol. The van der Waals surface area contributed by atoms with Gasteiger partial charge in [0.25, 0.3) is 0 Å². The van der Waals surface area contributed by atoms with Gasteiger partial charge in [-0.3, -0.25) is 0 Å². The number of anilines is 3. The largest absolute Gasteiger partial charge is 0.495 e. The van der Waals surface area contributed by atoms with E-state index in [9.17, 15) is 0 Å². The molecule has 0 aliphatic heterocycles. The van der Waals surface area contributed by atoms with E-state index in [1.165, 1.54) is 17.5 Å². The lowest BCUT2D eigenvalue weighted by atomic mass is 10.1. The van der Waals surface area contributed by atoms with Gasteiger partial charge in [0.1, 0.15) is 17.9 Å². The number of hydrogen-bond acceptors (Lipinski definition) is 5. The number of rotatable bonds is 3. The van der Waals surface area contributed by atoms with Crippen LogP contribution >= 0.6 is 0 Å². The Bertz CT molecular complexity index is 845. The van der Waals surface area contributed by atoms with Crippen molar-refractivity contribution in [3.63, 3.8) is 0 Å². The van der Waals surface area contributed by atoms with Gasteiger partial charge in [0.05, 0.1) is 18.3 Å². The number of nitrogens with two attached hydrogens (primary N) is 1. The molecule has 0 atom stereocenters. The van der Waals surface area contributed by atoms with Crippen LogP contribution in [0.15, 0.2) is 36.7 Å². The van der Waals surface area contributed by atoms with Gasteiger partial charge in [-0.25, -0.2) is 9.97 Å². The van der Waals surface area contributed by atoms with E-state index < -0.39 is 0 Å². The number of fused-ring (bicyclic) bond motifs is 1. The minimum absolute atomic E-state index is 0.564. The van der Waals surface area contributed by atoms with Crippen LogP contribution < -0.4 is 15.8 Å². The first-order valence-corrected chi connectivity index (χ1v) is 7.01. The smallest absolute Gasteiger partial charge is 0.143 e. The highest BCUT2D eigenvalue weighted by molar-refractivity contribution is 5.94. The summed E-state index contributed by atoms with van der Waals surface area (Å²) in [5.41, 5.74) is 10.8. The summed E-state index contributed by atoms with van der Waals surface area (Å²) in [6.45, 7) is 4.17. The molecule has 22 heavy (non-hydrogen) atoms. The molecule has 1 heterocycles. The highest BCUT2D eigenvalue weighted by Crippen LogP contribution is 2.31. The van der Waals surface area contributed by atoms with Crippen LogP contribution in [0.1, 0.15) is 11.1 Å². The number of methoxy groups -OCH3 is 1. The summed E-state index contributed by atoms with van der Waals surface area (Å²) in [4.78, 5) is 8.64. The van der Waals surface area contributed by atoms with Crippen molar-refractivity contribution in [3.05, 3.63) is 47.8 Å². The summed E-state index contributed by atoms with van der Waals surface area (Å²) in [6, 6.07) is 9.79. The summed E-state index contributed by atoms with van der Waals surface area (Å²) < 4.78 is 5.24. The Morgan fingerprint density at radius 3 is 2.73 bits per heavy atom. The third-order valence-electron chi connectivity index (χ3n) is 3.84. The molecule has 0 aliphatic carbocycles. The number of aryl methyl sites for hydroxylation is 1. The molecule has 3 N–H and O–H groups in total. The van der Waals surface area contributed by atoms with Crippen LogP contribution in [0.2, 0.25) is 0 Å². The SMILES string of the molecule is COc1cc2ncnc(Nc3cccc(C)c3C)c2cc1N. The van der Waals surface area contributed by atoms with E-state index in [4.69, 9.17) is 10.5 Å². The van der Waals surface area contributed by atoms with Crippen molar-refractivity contribution in [2.75, 3.05) is 18.2 Å². The lowest BCUT2D eigenvalue weighted by Crippen LogP contribution is -2.00. The number of aromatic nitrogens is 2. The highest BCUT2D eigenvalue weighted by Gasteiger charge is 2.10. The molecule has 112 valence electrons. The van der Waals surface area contributed by atoms with Crippen LogP contribution in [0.3, 0.4) is 0 Å². The molecule has 5 nitrogen and oxygen atoms in total. The van der Waals surface area contributed by atoms with Crippen molar-refractivity contribution in [2.45, 2.75) is 13.8 Å². The van der Waals surface area contributed by atoms with E-state index in [1.54, 1.807) is 7.11 Å².